The molecule has 3 amide bonds. The van der Waals surface area contributed by atoms with Gasteiger partial charge < -0.3 is 14.8 Å². The Hall–Kier alpha value is -4.68. The van der Waals surface area contributed by atoms with Gasteiger partial charge in [-0.2, -0.15) is 9.49 Å². The lowest BCUT2D eigenvalue weighted by atomic mass is 10.0. The Morgan fingerprint density at radius 2 is 2.00 bits per heavy atom. The predicted molar refractivity (Wildman–Crippen MR) is 158 cm³/mol. The lowest BCUT2D eigenvalue weighted by molar-refractivity contribution is -0.117. The molecule has 0 aliphatic carbocycles. The summed E-state index contributed by atoms with van der Waals surface area (Å²) in [4.78, 5) is 35.5. The van der Waals surface area contributed by atoms with E-state index in [2.05, 4.69) is 20.6 Å². The fourth-order valence-corrected chi connectivity index (χ4v) is 5.69. The third-order valence-electron chi connectivity index (χ3n) is 7.87. The molecule has 12 heteroatoms. The van der Waals surface area contributed by atoms with Crippen molar-refractivity contribution in [2.24, 2.45) is 0 Å². The van der Waals surface area contributed by atoms with Crippen molar-refractivity contribution in [3.8, 4) is 16.9 Å². The van der Waals surface area contributed by atoms with Crippen LogP contribution >= 0.6 is 0 Å². The van der Waals surface area contributed by atoms with Gasteiger partial charge in [0.2, 0.25) is 11.9 Å². The van der Waals surface area contributed by atoms with Crippen LogP contribution in [0, 0.1) is 12.9 Å². The summed E-state index contributed by atoms with van der Waals surface area (Å²) in [6.45, 7) is 2.38. The highest BCUT2D eigenvalue weighted by Crippen LogP contribution is 2.36. The first-order valence-electron chi connectivity index (χ1n) is 14.1. The van der Waals surface area contributed by atoms with E-state index in [1.807, 2.05) is 43.3 Å². The number of rotatable bonds is 8. The lowest BCUT2D eigenvalue weighted by Gasteiger charge is -2.21. The Kier molecular flexibility index (Phi) is 7.87. The van der Waals surface area contributed by atoms with Crippen LogP contribution in [0.15, 0.2) is 60.9 Å². The quantitative estimate of drug-likeness (QED) is 0.295. The molecule has 2 aliphatic heterocycles. The summed E-state index contributed by atoms with van der Waals surface area (Å²) in [5, 5.41) is 10.9. The molecule has 3 atom stereocenters. The number of benzene rings is 1. The molecule has 0 spiro atoms. The van der Waals surface area contributed by atoms with Crippen molar-refractivity contribution in [1.29, 1.82) is 0 Å². The largest absolute Gasteiger partial charge is 0.385 e. The van der Waals surface area contributed by atoms with E-state index in [1.54, 1.807) is 36.0 Å². The highest BCUT2D eigenvalue weighted by molar-refractivity contribution is 6.00. The smallest absolute Gasteiger partial charge is 0.320 e. The van der Waals surface area contributed by atoms with E-state index < -0.39 is 24.1 Å². The predicted octanol–water partition coefficient (Wildman–Crippen LogP) is 4.35. The highest BCUT2D eigenvalue weighted by Gasteiger charge is 2.37. The zero-order valence-corrected chi connectivity index (χ0v) is 24.1. The number of aromatic nitrogens is 4. The number of likely N-dealkylation sites (N-methyl/N-ethyl adjacent to an activating group) is 1. The molecule has 4 aromatic rings. The third kappa shape index (κ3) is 5.71. The Morgan fingerprint density at radius 3 is 2.77 bits per heavy atom. The number of carbonyl (C=O) groups is 2. The summed E-state index contributed by atoms with van der Waals surface area (Å²) < 4.78 is 27.1. The van der Waals surface area contributed by atoms with Crippen molar-refractivity contribution in [3.05, 3.63) is 83.6 Å². The van der Waals surface area contributed by atoms with Crippen LogP contribution in [0.25, 0.3) is 16.9 Å². The van der Waals surface area contributed by atoms with Gasteiger partial charge in [0.05, 0.1) is 29.9 Å². The molecule has 43 heavy (non-hydrogen) atoms. The van der Waals surface area contributed by atoms with Crippen molar-refractivity contribution < 1.29 is 23.5 Å². The molecule has 3 aromatic heterocycles. The molecule has 5 heterocycles. The van der Waals surface area contributed by atoms with Gasteiger partial charge in [0.25, 0.3) is 0 Å². The zero-order valence-electron chi connectivity index (χ0n) is 24.1. The number of halogens is 1. The SMILES string of the molecule is COCC[C@@H]1C[C@@H](NC(=O)Nc2c(C)c(-c3cnc4c(c3)CC(=O)N4C)nn2-c2ccccc2)[C@H](c2ccnc(F)c2)O1. The molecular weight excluding hydrogens is 553 g/mol. The Morgan fingerprint density at radius 1 is 1.19 bits per heavy atom. The van der Waals surface area contributed by atoms with Crippen LogP contribution < -0.4 is 15.5 Å². The maximum Gasteiger partial charge on any atom is 0.320 e. The van der Waals surface area contributed by atoms with E-state index in [9.17, 15) is 14.0 Å². The molecule has 11 nitrogen and oxygen atoms in total. The first-order valence-corrected chi connectivity index (χ1v) is 14.1. The number of fused-ring (bicyclic) bond motifs is 1. The average molecular weight is 586 g/mol. The Labute approximate surface area is 248 Å². The number of anilines is 2. The fraction of sp³-hybridized carbons (Fsp3) is 0.323. The van der Waals surface area contributed by atoms with Crippen molar-refractivity contribution in [1.82, 2.24) is 25.1 Å². The number of hydrogen-bond donors (Lipinski definition) is 2. The summed E-state index contributed by atoms with van der Waals surface area (Å²) >= 11 is 0. The molecule has 0 saturated carbocycles. The van der Waals surface area contributed by atoms with Gasteiger partial charge in [0.1, 0.15) is 17.7 Å². The molecule has 0 radical (unpaired) electrons. The van der Waals surface area contributed by atoms with E-state index in [-0.39, 0.29) is 18.4 Å². The second kappa shape index (κ2) is 11.9. The van der Waals surface area contributed by atoms with Gasteiger partial charge in [-0.25, -0.2) is 19.4 Å². The Balaban J connectivity index is 1.29. The minimum absolute atomic E-state index is 0.0154. The van der Waals surface area contributed by atoms with Gasteiger partial charge in [-0.15, -0.1) is 0 Å². The van der Waals surface area contributed by atoms with Crippen LogP contribution in [0.3, 0.4) is 0 Å². The number of carbonyl (C=O) groups excluding carboxylic acids is 2. The van der Waals surface area contributed by atoms with Gasteiger partial charge in [-0.1, -0.05) is 18.2 Å². The molecule has 1 aromatic carbocycles. The van der Waals surface area contributed by atoms with Crippen LogP contribution in [-0.4, -0.2) is 64.6 Å². The lowest BCUT2D eigenvalue weighted by Crippen LogP contribution is -2.40. The summed E-state index contributed by atoms with van der Waals surface area (Å²) in [6.07, 6.45) is 3.79. The maximum atomic E-state index is 14.0. The minimum atomic E-state index is -0.614. The van der Waals surface area contributed by atoms with Gasteiger partial charge in [0.15, 0.2) is 0 Å². The number of methoxy groups -OCH3 is 1. The molecule has 0 bridgehead atoms. The van der Waals surface area contributed by atoms with Crippen LogP contribution in [0.2, 0.25) is 0 Å². The fourth-order valence-electron chi connectivity index (χ4n) is 5.69. The third-order valence-corrected chi connectivity index (χ3v) is 7.87. The van der Waals surface area contributed by atoms with Gasteiger partial charge in [-0.05, 0) is 55.7 Å². The molecule has 2 aliphatic rings. The molecule has 1 saturated heterocycles. The van der Waals surface area contributed by atoms with E-state index >= 15 is 0 Å². The number of ether oxygens (including phenoxy) is 2. The molecule has 6 rings (SSSR count). The van der Waals surface area contributed by atoms with Gasteiger partial charge in [0, 0.05) is 49.8 Å². The molecule has 222 valence electrons. The molecule has 1 fully saturated rings. The van der Waals surface area contributed by atoms with E-state index in [0.717, 1.165) is 22.4 Å². The minimum Gasteiger partial charge on any atom is -0.385 e. The molecule has 0 unspecified atom stereocenters. The van der Waals surface area contributed by atoms with Crippen LogP contribution in [0.1, 0.15) is 35.6 Å². The van der Waals surface area contributed by atoms with Crippen molar-refractivity contribution in [2.75, 3.05) is 31.0 Å². The molecular formula is C31H32FN7O4. The topological polar surface area (TPSA) is 124 Å². The number of urea groups is 1. The van der Waals surface area contributed by atoms with Crippen molar-refractivity contribution in [2.45, 2.75) is 44.4 Å². The standard InChI is InChI=1S/C31H32FN7O4/c1-18-27(21-13-20-15-26(40)38(2)30(20)34-17-21)37-39(22-7-5-4-6-8-22)29(18)36-31(41)35-24-16-23(10-12-42-3)43-28(24)19-9-11-33-25(32)14-19/h4-9,11,13-14,17,23-24,28H,10,12,15-16H2,1-3H3,(H2,35,36,41)/t23-,24-,28+/m1/s1. The first kappa shape index (κ1) is 28.4. The number of hydrogen-bond acceptors (Lipinski definition) is 7. The number of nitrogens with one attached hydrogen (secondary N) is 2. The first-order chi connectivity index (χ1) is 20.8. The summed E-state index contributed by atoms with van der Waals surface area (Å²) in [6, 6.07) is 13.5. The molecule has 2 N–H and O–H groups in total. The average Bonchev–Trinajstić information content (AvgIpc) is 3.65. The second-order valence-corrected chi connectivity index (χ2v) is 10.7. The van der Waals surface area contributed by atoms with Crippen molar-refractivity contribution in [3.63, 3.8) is 0 Å². The zero-order chi connectivity index (χ0) is 30.1. The summed E-state index contributed by atoms with van der Waals surface area (Å²) in [5.41, 5.74) is 4.28. The van der Waals surface area contributed by atoms with E-state index in [0.29, 0.717) is 42.3 Å². The Bertz CT molecular complexity index is 1660. The van der Waals surface area contributed by atoms with Crippen LogP contribution in [0.5, 0.6) is 0 Å². The monoisotopic (exact) mass is 585 g/mol. The van der Waals surface area contributed by atoms with Gasteiger partial charge in [-0.3, -0.25) is 15.0 Å². The number of amides is 3. The number of nitrogens with zero attached hydrogens (tertiary/aromatic N) is 5. The van der Waals surface area contributed by atoms with Crippen LogP contribution in [-0.2, 0) is 20.7 Å². The van der Waals surface area contributed by atoms with Gasteiger partial charge >= 0.3 is 6.03 Å². The second-order valence-electron chi connectivity index (χ2n) is 10.7. The summed E-state index contributed by atoms with van der Waals surface area (Å²) in [5.74, 6) is 0.488. The van der Waals surface area contributed by atoms with E-state index in [1.165, 1.54) is 12.3 Å². The van der Waals surface area contributed by atoms with Crippen LogP contribution in [0.4, 0.5) is 20.8 Å². The van der Waals surface area contributed by atoms with E-state index in [4.69, 9.17) is 14.6 Å². The highest BCUT2D eigenvalue weighted by atomic mass is 19.1. The maximum absolute atomic E-state index is 14.0. The number of pyridine rings is 2. The van der Waals surface area contributed by atoms with Crippen molar-refractivity contribution >= 4 is 23.6 Å². The normalized spacial score (nSPS) is 19.5. The number of para-hydroxylation sites is 1. The summed E-state index contributed by atoms with van der Waals surface area (Å²) in [7, 11) is 3.33.